The van der Waals surface area contributed by atoms with Gasteiger partial charge in [0, 0.05) is 38.8 Å². The number of alkyl halides is 2. The van der Waals surface area contributed by atoms with Crippen LogP contribution in [0.5, 0.6) is 11.5 Å². The molecule has 0 N–H and O–H groups in total. The molecule has 1 aliphatic carbocycles. The van der Waals surface area contributed by atoms with E-state index in [9.17, 15) is 22.0 Å². The third-order valence-corrected chi connectivity index (χ3v) is 6.67. The van der Waals surface area contributed by atoms with Crippen molar-refractivity contribution in [2.45, 2.75) is 39.0 Å². The normalized spacial score (nSPS) is 17.9. The highest BCUT2D eigenvalue weighted by Crippen LogP contribution is 2.33. The number of sulfonamides is 1. The second-order valence-corrected chi connectivity index (χ2v) is 9.75. The maximum Gasteiger partial charge on any atom is 0.387 e. The molecule has 0 radical (unpaired) electrons. The predicted octanol–water partition coefficient (Wildman–Crippen LogP) is 1.75. The van der Waals surface area contributed by atoms with Crippen molar-refractivity contribution >= 4 is 15.9 Å². The summed E-state index contributed by atoms with van der Waals surface area (Å²) in [5.74, 6) is 0.195. The van der Waals surface area contributed by atoms with Gasteiger partial charge in [0.25, 0.3) is 0 Å². The second kappa shape index (κ2) is 10.1. The van der Waals surface area contributed by atoms with Gasteiger partial charge in [-0.3, -0.25) is 9.69 Å². The lowest BCUT2D eigenvalue weighted by molar-refractivity contribution is -0.133. The van der Waals surface area contributed by atoms with Crippen LogP contribution in [0.25, 0.3) is 0 Å². The standard InChI is InChI=1S/C20H29F2N3O5S/c1-3-29-18-12-15(4-7-17(18)30-20(21)22)13-24(16-5-6-16)14-19(26)23-8-10-25(11-9-23)31(2,27)28/h4,7,12,16,20H,3,5-6,8-11,13-14H2,1-2H3. The molecule has 31 heavy (non-hydrogen) atoms. The third kappa shape index (κ3) is 6.75. The predicted molar refractivity (Wildman–Crippen MR) is 111 cm³/mol. The Labute approximate surface area is 181 Å². The fourth-order valence-corrected chi connectivity index (χ4v) is 4.47. The van der Waals surface area contributed by atoms with Crippen LogP contribution < -0.4 is 9.47 Å². The van der Waals surface area contributed by atoms with E-state index < -0.39 is 16.6 Å². The van der Waals surface area contributed by atoms with Gasteiger partial charge in [0.15, 0.2) is 11.5 Å². The van der Waals surface area contributed by atoms with Gasteiger partial charge in [0.1, 0.15) is 0 Å². The van der Waals surface area contributed by atoms with Crippen LogP contribution in [0, 0.1) is 0 Å². The molecule has 1 heterocycles. The van der Waals surface area contributed by atoms with E-state index in [1.165, 1.54) is 16.6 Å². The minimum Gasteiger partial charge on any atom is -0.490 e. The molecule has 0 atom stereocenters. The van der Waals surface area contributed by atoms with Crippen LogP contribution in [0.2, 0.25) is 0 Å². The number of carbonyl (C=O) groups is 1. The van der Waals surface area contributed by atoms with Crippen molar-refractivity contribution < 1.29 is 31.5 Å². The zero-order valence-corrected chi connectivity index (χ0v) is 18.6. The van der Waals surface area contributed by atoms with Crippen LogP contribution in [-0.4, -0.2) is 86.7 Å². The van der Waals surface area contributed by atoms with Gasteiger partial charge in [-0.1, -0.05) is 6.07 Å². The summed E-state index contributed by atoms with van der Waals surface area (Å²) in [7, 11) is -3.25. The molecule has 1 aromatic rings. The van der Waals surface area contributed by atoms with Gasteiger partial charge < -0.3 is 14.4 Å². The second-order valence-electron chi connectivity index (χ2n) is 7.77. The van der Waals surface area contributed by atoms with E-state index in [0.29, 0.717) is 45.4 Å². The molecule has 1 amide bonds. The molecule has 174 valence electrons. The fraction of sp³-hybridized carbons (Fsp3) is 0.650. The number of hydrogen-bond acceptors (Lipinski definition) is 6. The van der Waals surface area contributed by atoms with Crippen LogP contribution in [-0.2, 0) is 21.4 Å². The zero-order chi connectivity index (χ0) is 22.6. The van der Waals surface area contributed by atoms with Gasteiger partial charge in [-0.2, -0.15) is 13.1 Å². The number of nitrogens with zero attached hydrogens (tertiary/aromatic N) is 3. The number of hydrogen-bond donors (Lipinski definition) is 0. The molecule has 8 nitrogen and oxygen atoms in total. The van der Waals surface area contributed by atoms with Crippen molar-refractivity contribution in [3.8, 4) is 11.5 Å². The van der Waals surface area contributed by atoms with E-state index >= 15 is 0 Å². The van der Waals surface area contributed by atoms with E-state index in [0.717, 1.165) is 18.4 Å². The molecule has 11 heteroatoms. The maximum absolute atomic E-state index is 12.8. The first-order valence-corrected chi connectivity index (χ1v) is 12.2. The van der Waals surface area contributed by atoms with E-state index in [-0.39, 0.29) is 24.0 Å². The molecule has 1 aliphatic heterocycles. The maximum atomic E-state index is 12.8. The van der Waals surface area contributed by atoms with E-state index in [1.54, 1.807) is 24.0 Å². The topological polar surface area (TPSA) is 79.4 Å². The Kier molecular flexibility index (Phi) is 7.71. The van der Waals surface area contributed by atoms with Gasteiger partial charge in [0.05, 0.1) is 19.4 Å². The highest BCUT2D eigenvalue weighted by molar-refractivity contribution is 7.88. The summed E-state index contributed by atoms with van der Waals surface area (Å²) in [5.41, 5.74) is 0.840. The molecule has 1 aromatic carbocycles. The Morgan fingerprint density at radius 1 is 1.19 bits per heavy atom. The highest BCUT2D eigenvalue weighted by atomic mass is 32.2. The smallest absolute Gasteiger partial charge is 0.387 e. The summed E-state index contributed by atoms with van der Waals surface area (Å²) in [5, 5.41) is 0. The number of benzene rings is 1. The Morgan fingerprint density at radius 2 is 1.87 bits per heavy atom. The molecule has 2 aliphatic rings. The Balaban J connectivity index is 1.63. The summed E-state index contributed by atoms with van der Waals surface area (Å²) >= 11 is 0. The lowest BCUT2D eigenvalue weighted by Gasteiger charge is -2.34. The number of amides is 1. The first kappa shape index (κ1) is 23.7. The number of carbonyl (C=O) groups excluding carboxylic acids is 1. The van der Waals surface area contributed by atoms with Crippen LogP contribution in [0.3, 0.4) is 0 Å². The van der Waals surface area contributed by atoms with Crippen LogP contribution in [0.1, 0.15) is 25.3 Å². The summed E-state index contributed by atoms with van der Waals surface area (Å²) < 4.78 is 59.9. The molecule has 0 spiro atoms. The quantitative estimate of drug-likeness (QED) is 0.528. The average Bonchev–Trinajstić information content (AvgIpc) is 3.54. The number of rotatable bonds is 10. The van der Waals surface area contributed by atoms with Gasteiger partial charge in [-0.15, -0.1) is 0 Å². The van der Waals surface area contributed by atoms with Gasteiger partial charge in [0.2, 0.25) is 15.9 Å². The summed E-state index contributed by atoms with van der Waals surface area (Å²) in [6.45, 7) is 1.20. The SMILES string of the molecule is CCOc1cc(CN(CC(=O)N2CCN(S(C)(=O)=O)CC2)C2CC2)ccc1OC(F)F. The lowest BCUT2D eigenvalue weighted by atomic mass is 10.1. The van der Waals surface area contributed by atoms with E-state index in [4.69, 9.17) is 4.74 Å². The minimum absolute atomic E-state index is 0.0154. The van der Waals surface area contributed by atoms with Gasteiger partial charge >= 0.3 is 6.61 Å². The molecule has 2 fully saturated rings. The highest BCUT2D eigenvalue weighted by Gasteiger charge is 2.33. The Hall–Kier alpha value is -1.98. The molecule has 1 saturated carbocycles. The average molecular weight is 462 g/mol. The fourth-order valence-electron chi connectivity index (χ4n) is 3.64. The summed E-state index contributed by atoms with van der Waals surface area (Å²) in [6, 6.07) is 5.13. The number of halogens is 2. The first-order chi connectivity index (χ1) is 14.7. The van der Waals surface area contributed by atoms with Crippen LogP contribution >= 0.6 is 0 Å². The molecule has 1 saturated heterocycles. The monoisotopic (exact) mass is 461 g/mol. The van der Waals surface area contributed by atoms with Crippen molar-refractivity contribution in [1.82, 2.24) is 14.1 Å². The summed E-state index contributed by atoms with van der Waals surface area (Å²) in [4.78, 5) is 16.6. The van der Waals surface area contributed by atoms with Crippen molar-refractivity contribution in [2.24, 2.45) is 0 Å². The Bertz CT molecular complexity index is 872. The molecule has 0 aromatic heterocycles. The van der Waals surface area contributed by atoms with Crippen molar-refractivity contribution in [1.29, 1.82) is 0 Å². The van der Waals surface area contributed by atoms with Gasteiger partial charge in [-0.05, 0) is 37.5 Å². The molecular formula is C20H29F2N3O5S. The van der Waals surface area contributed by atoms with E-state index in [2.05, 4.69) is 9.64 Å². The van der Waals surface area contributed by atoms with E-state index in [1.807, 2.05) is 0 Å². The van der Waals surface area contributed by atoms with Crippen molar-refractivity contribution in [3.05, 3.63) is 23.8 Å². The molecule has 0 bridgehead atoms. The third-order valence-electron chi connectivity index (χ3n) is 5.37. The number of piperazine rings is 1. The Morgan fingerprint density at radius 3 is 2.42 bits per heavy atom. The first-order valence-electron chi connectivity index (χ1n) is 10.3. The van der Waals surface area contributed by atoms with Crippen LogP contribution in [0.4, 0.5) is 8.78 Å². The summed E-state index contributed by atoms with van der Waals surface area (Å²) in [6.07, 6.45) is 3.17. The van der Waals surface area contributed by atoms with Crippen molar-refractivity contribution in [3.63, 3.8) is 0 Å². The van der Waals surface area contributed by atoms with Crippen LogP contribution in [0.15, 0.2) is 18.2 Å². The molecule has 3 rings (SSSR count). The van der Waals surface area contributed by atoms with Gasteiger partial charge in [-0.25, -0.2) is 8.42 Å². The van der Waals surface area contributed by atoms with Crippen molar-refractivity contribution in [2.75, 3.05) is 45.6 Å². The molecular weight excluding hydrogens is 432 g/mol. The lowest BCUT2D eigenvalue weighted by Crippen LogP contribution is -2.52. The number of ether oxygens (including phenoxy) is 2. The minimum atomic E-state index is -3.25. The largest absolute Gasteiger partial charge is 0.490 e. The molecule has 0 unspecified atom stereocenters. The zero-order valence-electron chi connectivity index (χ0n) is 17.8.